The fourth-order valence-electron chi connectivity index (χ4n) is 1.42. The second-order valence-electron chi connectivity index (χ2n) is 3.78. The Morgan fingerprint density at radius 2 is 1.61 bits per heavy atom. The normalized spacial score (nSPS) is 11.0. The van der Waals surface area contributed by atoms with E-state index in [1.807, 2.05) is 18.2 Å². The Kier molecular flexibility index (Phi) is 3.18. The van der Waals surface area contributed by atoms with Crippen molar-refractivity contribution in [2.24, 2.45) is 24.3 Å². The second-order valence-corrected chi connectivity index (χ2v) is 3.78. The molecule has 2 rings (SSSR count). The summed E-state index contributed by atoms with van der Waals surface area (Å²) >= 11 is 0. The molecular weight excluding hydrogens is 232 g/mol. The van der Waals surface area contributed by atoms with E-state index in [0.29, 0.717) is 5.69 Å². The topological polar surface area (TPSA) is 68.7 Å². The van der Waals surface area contributed by atoms with Crippen molar-refractivity contribution in [1.82, 2.24) is 9.13 Å². The lowest BCUT2D eigenvalue weighted by Crippen LogP contribution is -2.35. The smallest absolute Gasteiger partial charge is 0.279 e. The molecule has 0 saturated carbocycles. The molecule has 18 heavy (non-hydrogen) atoms. The number of hydrogen-bond donors (Lipinski definition) is 0. The van der Waals surface area contributed by atoms with E-state index in [9.17, 15) is 9.59 Å². The van der Waals surface area contributed by atoms with Gasteiger partial charge in [0.05, 0.1) is 5.69 Å². The van der Waals surface area contributed by atoms with Gasteiger partial charge in [0.15, 0.2) is 5.82 Å². The zero-order chi connectivity index (χ0) is 13.1. The molecule has 0 amide bonds. The first-order valence-corrected chi connectivity index (χ1v) is 5.33. The minimum absolute atomic E-state index is 0.229. The highest BCUT2D eigenvalue weighted by Gasteiger charge is 2.04. The zero-order valence-electron chi connectivity index (χ0n) is 10.1. The van der Waals surface area contributed by atoms with Crippen LogP contribution in [0.5, 0.6) is 0 Å². The number of azo groups is 1. The molecule has 1 heterocycles. The molecule has 1 aromatic heterocycles. The molecular formula is C12H12N4O2. The molecule has 0 bridgehead atoms. The number of rotatable bonds is 2. The number of aromatic nitrogens is 2. The summed E-state index contributed by atoms with van der Waals surface area (Å²) in [7, 11) is 2.96. The first kappa shape index (κ1) is 12.0. The van der Waals surface area contributed by atoms with Crippen molar-refractivity contribution in [1.29, 1.82) is 0 Å². The van der Waals surface area contributed by atoms with Gasteiger partial charge in [-0.3, -0.25) is 13.9 Å². The van der Waals surface area contributed by atoms with Crippen LogP contribution in [0.15, 0.2) is 56.2 Å². The maximum absolute atomic E-state index is 11.6. The summed E-state index contributed by atoms with van der Waals surface area (Å²) in [5, 5.41) is 7.88. The average molecular weight is 244 g/mol. The van der Waals surface area contributed by atoms with Gasteiger partial charge < -0.3 is 0 Å². The quantitative estimate of drug-likeness (QED) is 0.751. The van der Waals surface area contributed by atoms with Crippen LogP contribution in [0.2, 0.25) is 0 Å². The maximum atomic E-state index is 11.6. The van der Waals surface area contributed by atoms with E-state index in [-0.39, 0.29) is 5.82 Å². The van der Waals surface area contributed by atoms with Gasteiger partial charge in [-0.2, -0.15) is 0 Å². The molecule has 0 aliphatic carbocycles. The van der Waals surface area contributed by atoms with Gasteiger partial charge in [0.1, 0.15) is 0 Å². The second kappa shape index (κ2) is 4.79. The molecule has 0 fully saturated rings. The van der Waals surface area contributed by atoms with Crippen LogP contribution in [-0.4, -0.2) is 9.13 Å². The fourth-order valence-corrected chi connectivity index (χ4v) is 1.42. The molecule has 0 spiro atoms. The minimum atomic E-state index is -0.426. The predicted molar refractivity (Wildman–Crippen MR) is 67.5 cm³/mol. The standard InChI is InChI=1S/C12H12N4O2/c1-15-10(8-11(17)16(2)12(15)18)14-13-9-6-4-3-5-7-9/h3-8H,1-2H3. The third kappa shape index (κ3) is 2.27. The first-order valence-electron chi connectivity index (χ1n) is 5.33. The first-order chi connectivity index (χ1) is 8.59. The Morgan fingerprint density at radius 1 is 0.944 bits per heavy atom. The van der Waals surface area contributed by atoms with E-state index in [0.717, 1.165) is 4.57 Å². The van der Waals surface area contributed by atoms with Crippen LogP contribution >= 0.6 is 0 Å². The van der Waals surface area contributed by atoms with E-state index in [1.165, 1.54) is 17.7 Å². The molecule has 0 saturated heterocycles. The van der Waals surface area contributed by atoms with Crippen molar-refractivity contribution in [3.05, 3.63) is 57.2 Å². The van der Waals surface area contributed by atoms with Gasteiger partial charge in [-0.15, -0.1) is 10.2 Å². The SMILES string of the molecule is Cn1c(N=Nc2ccccc2)cc(=O)n(C)c1=O. The maximum Gasteiger partial charge on any atom is 0.332 e. The lowest BCUT2D eigenvalue weighted by molar-refractivity contribution is 0.685. The molecule has 2 aromatic rings. The van der Waals surface area contributed by atoms with Crippen LogP contribution in [0.25, 0.3) is 0 Å². The summed E-state index contributed by atoms with van der Waals surface area (Å²) in [6.45, 7) is 0. The minimum Gasteiger partial charge on any atom is -0.279 e. The molecule has 0 unspecified atom stereocenters. The van der Waals surface area contributed by atoms with Crippen molar-refractivity contribution in [2.45, 2.75) is 0 Å². The Hall–Kier alpha value is -2.50. The van der Waals surface area contributed by atoms with E-state index >= 15 is 0 Å². The van der Waals surface area contributed by atoms with Gasteiger partial charge in [0, 0.05) is 20.2 Å². The Balaban J connectivity index is 2.45. The van der Waals surface area contributed by atoms with Crippen LogP contribution < -0.4 is 11.2 Å². The van der Waals surface area contributed by atoms with Crippen LogP contribution in [0.1, 0.15) is 0 Å². The monoisotopic (exact) mass is 244 g/mol. The van der Waals surface area contributed by atoms with Gasteiger partial charge in [-0.05, 0) is 12.1 Å². The van der Waals surface area contributed by atoms with Crippen LogP contribution in [0, 0.1) is 0 Å². The third-order valence-electron chi connectivity index (χ3n) is 2.52. The van der Waals surface area contributed by atoms with Crippen LogP contribution in [-0.2, 0) is 14.1 Å². The van der Waals surface area contributed by atoms with Crippen molar-refractivity contribution < 1.29 is 0 Å². The zero-order valence-corrected chi connectivity index (χ0v) is 10.1. The Morgan fingerprint density at radius 3 is 2.28 bits per heavy atom. The highest BCUT2D eigenvalue weighted by atomic mass is 16.2. The molecule has 6 heteroatoms. The van der Waals surface area contributed by atoms with E-state index in [4.69, 9.17) is 0 Å². The van der Waals surface area contributed by atoms with Crippen LogP contribution in [0.3, 0.4) is 0 Å². The van der Waals surface area contributed by atoms with E-state index in [1.54, 1.807) is 19.2 Å². The van der Waals surface area contributed by atoms with Gasteiger partial charge in [-0.1, -0.05) is 18.2 Å². The van der Waals surface area contributed by atoms with Crippen molar-refractivity contribution in [3.63, 3.8) is 0 Å². The lowest BCUT2D eigenvalue weighted by Gasteiger charge is -2.03. The lowest BCUT2D eigenvalue weighted by atomic mass is 10.3. The summed E-state index contributed by atoms with van der Waals surface area (Å²) in [6.07, 6.45) is 0. The molecule has 0 N–H and O–H groups in total. The van der Waals surface area contributed by atoms with Crippen molar-refractivity contribution in [3.8, 4) is 0 Å². The molecule has 1 aromatic carbocycles. The average Bonchev–Trinajstić information content (AvgIpc) is 2.40. The highest BCUT2D eigenvalue weighted by Crippen LogP contribution is 2.14. The molecule has 0 aliphatic rings. The number of hydrogen-bond acceptors (Lipinski definition) is 4. The van der Waals surface area contributed by atoms with Crippen molar-refractivity contribution in [2.75, 3.05) is 0 Å². The summed E-state index contributed by atoms with van der Waals surface area (Å²) < 4.78 is 2.29. The van der Waals surface area contributed by atoms with E-state index < -0.39 is 11.2 Å². The Bertz CT molecular complexity index is 698. The number of nitrogens with zero attached hydrogens (tertiary/aromatic N) is 4. The molecule has 0 radical (unpaired) electrons. The Labute approximate surface area is 103 Å². The molecule has 0 atom stereocenters. The van der Waals surface area contributed by atoms with Crippen LogP contribution in [0.4, 0.5) is 11.5 Å². The molecule has 92 valence electrons. The van der Waals surface area contributed by atoms with Gasteiger partial charge in [0.25, 0.3) is 5.56 Å². The third-order valence-corrected chi connectivity index (χ3v) is 2.52. The molecule has 6 nitrogen and oxygen atoms in total. The summed E-state index contributed by atoms with van der Waals surface area (Å²) in [5.41, 5.74) is -0.171. The van der Waals surface area contributed by atoms with Gasteiger partial charge >= 0.3 is 5.69 Å². The van der Waals surface area contributed by atoms with E-state index in [2.05, 4.69) is 10.2 Å². The summed E-state index contributed by atoms with van der Waals surface area (Å²) in [6, 6.07) is 10.4. The van der Waals surface area contributed by atoms with Crippen molar-refractivity contribution >= 4 is 11.5 Å². The summed E-state index contributed by atoms with van der Waals surface area (Å²) in [5.74, 6) is 0.229. The fraction of sp³-hybridized carbons (Fsp3) is 0.167. The summed E-state index contributed by atoms with van der Waals surface area (Å²) in [4.78, 5) is 23.1. The van der Waals surface area contributed by atoms with Gasteiger partial charge in [-0.25, -0.2) is 4.79 Å². The number of benzene rings is 1. The predicted octanol–water partition coefficient (Wildman–Crippen LogP) is 1.50. The van der Waals surface area contributed by atoms with Gasteiger partial charge in [0.2, 0.25) is 0 Å². The largest absolute Gasteiger partial charge is 0.332 e. The highest BCUT2D eigenvalue weighted by molar-refractivity contribution is 5.36. The molecule has 0 aliphatic heterocycles.